The summed E-state index contributed by atoms with van der Waals surface area (Å²) < 4.78 is 54.0. The van der Waals surface area contributed by atoms with Crippen LogP contribution in [0.25, 0.3) is 22.8 Å². The minimum atomic E-state index is -4.53. The Morgan fingerprint density at radius 1 is 1.06 bits per heavy atom. The fourth-order valence-electron chi connectivity index (χ4n) is 3.94. The highest BCUT2D eigenvalue weighted by Gasteiger charge is 2.37. The van der Waals surface area contributed by atoms with E-state index in [4.69, 9.17) is 20.9 Å². The van der Waals surface area contributed by atoms with Gasteiger partial charge >= 0.3 is 6.18 Å². The summed E-state index contributed by atoms with van der Waals surface area (Å²) in [6.07, 6.45) is -2.48. The zero-order chi connectivity index (χ0) is 25.0. The van der Waals surface area contributed by atoms with E-state index in [2.05, 4.69) is 20.3 Å². The lowest BCUT2D eigenvalue weighted by molar-refractivity contribution is -0.137. The molecule has 5 rings (SSSR count). The van der Waals surface area contributed by atoms with E-state index in [1.165, 1.54) is 22.8 Å². The van der Waals surface area contributed by atoms with Gasteiger partial charge in [-0.15, -0.1) is 10.2 Å². The summed E-state index contributed by atoms with van der Waals surface area (Å²) in [4.78, 5) is 4.48. The molecule has 4 aromatic rings. The summed E-state index contributed by atoms with van der Waals surface area (Å²) in [5.41, 5.74) is -1.43. The first-order valence-corrected chi connectivity index (χ1v) is 11.3. The van der Waals surface area contributed by atoms with Gasteiger partial charge in [-0.2, -0.15) is 18.2 Å². The van der Waals surface area contributed by atoms with E-state index in [-0.39, 0.29) is 17.3 Å². The van der Waals surface area contributed by atoms with Crippen LogP contribution in [0, 0.1) is 0 Å². The third-order valence-corrected chi connectivity index (χ3v) is 6.04. The van der Waals surface area contributed by atoms with Crippen molar-refractivity contribution in [3.63, 3.8) is 0 Å². The predicted molar refractivity (Wildman–Crippen MR) is 122 cm³/mol. The van der Waals surface area contributed by atoms with Gasteiger partial charge in [-0.25, -0.2) is 0 Å². The second kappa shape index (κ2) is 8.37. The van der Waals surface area contributed by atoms with Gasteiger partial charge in [0.2, 0.25) is 0 Å². The van der Waals surface area contributed by atoms with Gasteiger partial charge in [0.15, 0.2) is 23.1 Å². The van der Waals surface area contributed by atoms with Gasteiger partial charge in [-0.1, -0.05) is 35.0 Å². The average Bonchev–Trinajstić information content (AvgIpc) is 3.39. The smallest absolute Gasteiger partial charge is 0.417 e. The number of hydrogen-bond donors (Lipinski definition) is 0. The molecule has 7 nitrogen and oxygen atoms in total. The Labute approximate surface area is 203 Å². The van der Waals surface area contributed by atoms with Crippen LogP contribution in [0.1, 0.15) is 49.8 Å². The van der Waals surface area contributed by atoms with Crippen molar-refractivity contribution < 1.29 is 22.4 Å². The van der Waals surface area contributed by atoms with Crippen LogP contribution < -0.4 is 4.74 Å². The van der Waals surface area contributed by atoms with Crippen LogP contribution >= 0.6 is 11.6 Å². The fourth-order valence-corrected chi connectivity index (χ4v) is 4.12. The number of aromatic nitrogens is 5. The molecule has 1 aliphatic rings. The van der Waals surface area contributed by atoms with Crippen molar-refractivity contribution in [2.75, 3.05) is 0 Å². The molecule has 0 aliphatic heterocycles. The molecule has 2 heterocycles. The molecule has 182 valence electrons. The van der Waals surface area contributed by atoms with Crippen LogP contribution in [0.3, 0.4) is 0 Å². The normalized spacial score (nSPS) is 14.4. The SMILES string of the molecule is Cn1c(-c2ccccc2C(F)(F)F)nnc1C(C)(C)Oc1ccc(Cl)cc1-c1nc(C2CC2)no1. The Bertz CT molecular complexity index is 1390. The number of alkyl halides is 3. The molecule has 2 aromatic heterocycles. The molecule has 2 aromatic carbocycles. The van der Waals surface area contributed by atoms with Crippen LogP contribution in [0.4, 0.5) is 13.2 Å². The Hall–Kier alpha value is -3.40. The minimum Gasteiger partial charge on any atom is -0.479 e. The lowest BCUT2D eigenvalue weighted by Gasteiger charge is -2.26. The van der Waals surface area contributed by atoms with Gasteiger partial charge in [0.25, 0.3) is 5.89 Å². The van der Waals surface area contributed by atoms with Crippen LogP contribution in [0.15, 0.2) is 47.0 Å². The fraction of sp³-hybridized carbons (Fsp3) is 0.333. The number of benzene rings is 2. The Kier molecular flexibility index (Phi) is 5.58. The standard InChI is InChI=1S/C24H21ClF3N5O2/c1-23(2,22-31-30-20(33(22)3)15-6-4-5-7-17(15)24(26,27)28)34-18-11-10-14(25)12-16(18)21-29-19(32-35-21)13-8-9-13/h4-7,10-13H,8-9H2,1-3H3. The van der Waals surface area contributed by atoms with Crippen molar-refractivity contribution in [2.24, 2.45) is 7.05 Å². The maximum Gasteiger partial charge on any atom is 0.417 e. The lowest BCUT2D eigenvalue weighted by atomic mass is 10.1. The summed E-state index contributed by atoms with van der Waals surface area (Å²) >= 11 is 6.22. The monoisotopic (exact) mass is 503 g/mol. The van der Waals surface area contributed by atoms with Crippen LogP contribution in [0.5, 0.6) is 5.75 Å². The quantitative estimate of drug-likeness (QED) is 0.303. The van der Waals surface area contributed by atoms with Gasteiger partial charge in [0, 0.05) is 23.6 Å². The maximum atomic E-state index is 13.6. The van der Waals surface area contributed by atoms with Crippen LogP contribution in [0.2, 0.25) is 5.02 Å². The topological polar surface area (TPSA) is 78.9 Å². The number of rotatable bonds is 6. The summed E-state index contributed by atoms with van der Waals surface area (Å²) in [5.74, 6) is 2.04. The number of ether oxygens (including phenoxy) is 1. The van der Waals surface area contributed by atoms with E-state index in [0.29, 0.717) is 33.9 Å². The van der Waals surface area contributed by atoms with Crippen molar-refractivity contribution >= 4 is 11.6 Å². The van der Waals surface area contributed by atoms with Crippen molar-refractivity contribution in [1.82, 2.24) is 24.9 Å². The van der Waals surface area contributed by atoms with E-state index in [1.54, 1.807) is 39.1 Å². The molecule has 1 fully saturated rings. The van der Waals surface area contributed by atoms with E-state index < -0.39 is 17.3 Å². The summed E-state index contributed by atoms with van der Waals surface area (Å²) in [6.45, 7) is 3.50. The van der Waals surface area contributed by atoms with Gasteiger partial charge in [-0.05, 0) is 51.0 Å². The molecule has 0 radical (unpaired) electrons. The second-order valence-corrected chi connectivity index (χ2v) is 9.37. The van der Waals surface area contributed by atoms with Crippen molar-refractivity contribution in [1.29, 1.82) is 0 Å². The van der Waals surface area contributed by atoms with Crippen LogP contribution in [-0.2, 0) is 18.8 Å². The van der Waals surface area contributed by atoms with Crippen molar-refractivity contribution in [3.8, 4) is 28.6 Å². The molecule has 0 bridgehead atoms. The molecule has 0 spiro atoms. The van der Waals surface area contributed by atoms with Crippen LogP contribution in [-0.4, -0.2) is 24.9 Å². The van der Waals surface area contributed by atoms with E-state index in [0.717, 1.165) is 18.9 Å². The Balaban J connectivity index is 1.50. The summed E-state index contributed by atoms with van der Waals surface area (Å²) in [6, 6.07) is 10.3. The average molecular weight is 504 g/mol. The molecule has 11 heteroatoms. The van der Waals surface area contributed by atoms with Gasteiger partial charge in [-0.3, -0.25) is 0 Å². The first-order chi connectivity index (χ1) is 16.5. The number of nitrogens with zero attached hydrogens (tertiary/aromatic N) is 5. The molecule has 0 atom stereocenters. The third-order valence-electron chi connectivity index (χ3n) is 5.81. The third kappa shape index (κ3) is 4.50. The van der Waals surface area contributed by atoms with E-state index in [1.807, 2.05) is 0 Å². The summed E-state index contributed by atoms with van der Waals surface area (Å²) in [7, 11) is 1.60. The molecule has 1 aliphatic carbocycles. The first kappa shape index (κ1) is 23.3. The van der Waals surface area contributed by atoms with Gasteiger partial charge in [0.1, 0.15) is 5.75 Å². The molecule has 0 N–H and O–H groups in total. The molecule has 0 amide bonds. The predicted octanol–water partition coefficient (Wildman–Crippen LogP) is 6.40. The Morgan fingerprint density at radius 2 is 1.80 bits per heavy atom. The number of halogens is 4. The van der Waals surface area contributed by atoms with Crippen molar-refractivity contribution in [2.45, 2.75) is 44.4 Å². The Morgan fingerprint density at radius 3 is 2.51 bits per heavy atom. The first-order valence-electron chi connectivity index (χ1n) is 10.9. The van der Waals surface area contributed by atoms with Gasteiger partial charge in [0.05, 0.1) is 11.1 Å². The largest absolute Gasteiger partial charge is 0.479 e. The van der Waals surface area contributed by atoms with E-state index in [9.17, 15) is 13.2 Å². The highest BCUT2D eigenvalue weighted by Crippen LogP contribution is 2.42. The molecular formula is C24H21ClF3N5O2. The zero-order valence-corrected chi connectivity index (χ0v) is 19.9. The minimum absolute atomic E-state index is 0.0669. The molecule has 0 unspecified atom stereocenters. The molecular weight excluding hydrogens is 483 g/mol. The molecule has 1 saturated carbocycles. The summed E-state index contributed by atoms with van der Waals surface area (Å²) in [5, 5.41) is 12.8. The highest BCUT2D eigenvalue weighted by molar-refractivity contribution is 6.30. The number of hydrogen-bond acceptors (Lipinski definition) is 6. The molecule has 35 heavy (non-hydrogen) atoms. The molecule has 0 saturated heterocycles. The maximum absolute atomic E-state index is 13.6. The highest BCUT2D eigenvalue weighted by atomic mass is 35.5. The second-order valence-electron chi connectivity index (χ2n) is 8.93. The van der Waals surface area contributed by atoms with E-state index >= 15 is 0 Å². The zero-order valence-electron chi connectivity index (χ0n) is 19.1. The lowest BCUT2D eigenvalue weighted by Crippen LogP contribution is -2.29. The van der Waals surface area contributed by atoms with Crippen molar-refractivity contribution in [3.05, 3.63) is 64.7 Å². The van der Waals surface area contributed by atoms with Gasteiger partial charge < -0.3 is 13.8 Å².